The monoisotopic (exact) mass is 795 g/mol. The lowest BCUT2D eigenvalue weighted by molar-refractivity contribution is -0.196. The van der Waals surface area contributed by atoms with E-state index in [0.29, 0.717) is 53.5 Å². The zero-order valence-electron chi connectivity index (χ0n) is 32.4. The van der Waals surface area contributed by atoms with E-state index in [1.54, 1.807) is 7.11 Å². The summed E-state index contributed by atoms with van der Waals surface area (Å²) in [4.78, 5) is 36.1. The van der Waals surface area contributed by atoms with Gasteiger partial charge < -0.3 is 44.6 Å². The average Bonchev–Trinajstić information content (AvgIpc) is 3.93. The Hall–Kier alpha value is -4.51. The first-order chi connectivity index (χ1) is 27.3. The third-order valence-corrected chi connectivity index (χ3v) is 15.4. The fourth-order valence-electron chi connectivity index (χ4n) is 11.8. The number of phenolic OH excluding ortho intramolecular Hbond substituents is 1. The molecule has 298 valence electrons. The lowest BCUT2D eigenvalue weighted by Gasteiger charge is -2.59. The number of nitrogens with two attached hydrogens (primary N) is 1. The SMILES string of the molecule is COc1c(C)cc2c(c1O)[C@H]1[C@@H]3[C@@H]4SC[C@]5(N[C@@H](CN)Cc6c5[nH]c5ccccc65)C(=O)OC[C@@H](c5c6c(c(C)c(OC(C)=O)c54)OCO6)N3C3(O)CN1[C@]2(C)C3. The van der Waals surface area contributed by atoms with E-state index < -0.39 is 52.1 Å². The number of aromatic nitrogens is 1. The number of aromatic amines is 1. The Labute approximate surface area is 332 Å². The fraction of sp³-hybridized carbons (Fsp3) is 0.476. The van der Waals surface area contributed by atoms with Crippen LogP contribution >= 0.6 is 11.8 Å². The van der Waals surface area contributed by atoms with Crippen molar-refractivity contribution in [2.75, 3.05) is 39.4 Å². The van der Waals surface area contributed by atoms with Gasteiger partial charge in [-0.1, -0.05) is 18.2 Å². The van der Waals surface area contributed by atoms with Crippen molar-refractivity contribution < 1.29 is 43.5 Å². The summed E-state index contributed by atoms with van der Waals surface area (Å²) in [6.45, 7) is 7.65. The first kappa shape index (κ1) is 35.6. The van der Waals surface area contributed by atoms with Crippen molar-refractivity contribution in [3.05, 3.63) is 75.0 Å². The van der Waals surface area contributed by atoms with E-state index in [2.05, 4.69) is 39.2 Å². The Morgan fingerprint density at radius 2 is 1.91 bits per heavy atom. The first-order valence-corrected chi connectivity index (χ1v) is 20.6. The van der Waals surface area contributed by atoms with E-state index in [0.717, 1.165) is 44.4 Å². The van der Waals surface area contributed by atoms with Gasteiger partial charge in [-0.15, -0.1) is 11.8 Å². The highest BCUT2D eigenvalue weighted by Crippen LogP contribution is 2.71. The number of carbonyl (C=O) groups is 2. The number of aliphatic hydroxyl groups is 1. The van der Waals surface area contributed by atoms with Gasteiger partial charge in [0.2, 0.25) is 6.79 Å². The number of nitrogens with one attached hydrogen (secondary N) is 2. The van der Waals surface area contributed by atoms with Crippen LogP contribution in [0.5, 0.6) is 28.7 Å². The van der Waals surface area contributed by atoms with Crippen molar-refractivity contribution in [3.8, 4) is 28.7 Å². The number of H-pyrrole nitrogens is 1. The number of carbonyl (C=O) groups excluding carboxylic acids is 2. The van der Waals surface area contributed by atoms with Gasteiger partial charge in [0.15, 0.2) is 28.5 Å². The molecule has 4 bridgehead atoms. The highest BCUT2D eigenvalue weighted by atomic mass is 32.2. The van der Waals surface area contributed by atoms with Gasteiger partial charge in [0.05, 0.1) is 30.1 Å². The van der Waals surface area contributed by atoms with Gasteiger partial charge in [-0.25, -0.2) is 4.79 Å². The maximum Gasteiger partial charge on any atom is 0.333 e. The van der Waals surface area contributed by atoms with Crippen molar-refractivity contribution in [1.29, 1.82) is 0 Å². The van der Waals surface area contributed by atoms with Crippen molar-refractivity contribution >= 4 is 34.6 Å². The minimum absolute atomic E-state index is 0.0459. The molecule has 3 aromatic carbocycles. The summed E-state index contributed by atoms with van der Waals surface area (Å²) in [6.07, 6.45) is 0.951. The zero-order valence-corrected chi connectivity index (χ0v) is 33.2. The van der Waals surface area contributed by atoms with Gasteiger partial charge in [0, 0.05) is 83.0 Å². The van der Waals surface area contributed by atoms with E-state index in [-0.39, 0.29) is 37.5 Å². The maximum absolute atomic E-state index is 15.1. The van der Waals surface area contributed by atoms with Gasteiger partial charge in [0.1, 0.15) is 18.1 Å². The number of nitrogens with zero attached hydrogens (tertiary/aromatic N) is 2. The number of aryl methyl sites for hydroxylation is 1. The number of benzene rings is 3. The van der Waals surface area contributed by atoms with Gasteiger partial charge >= 0.3 is 11.9 Å². The second-order valence-corrected chi connectivity index (χ2v) is 18.1. The second-order valence-electron chi connectivity index (χ2n) is 16.9. The molecule has 1 spiro atoms. The quantitative estimate of drug-likeness (QED) is 0.149. The molecule has 57 heavy (non-hydrogen) atoms. The zero-order chi connectivity index (χ0) is 39.5. The number of fused-ring (bicyclic) bond motifs is 11. The summed E-state index contributed by atoms with van der Waals surface area (Å²) in [7, 11) is 1.56. The average molecular weight is 796 g/mol. The third kappa shape index (κ3) is 4.39. The summed E-state index contributed by atoms with van der Waals surface area (Å²) in [5.74, 6) is 1.01. The summed E-state index contributed by atoms with van der Waals surface area (Å²) in [5.41, 5.74) is 10.2. The van der Waals surface area contributed by atoms with E-state index in [1.165, 1.54) is 18.7 Å². The molecule has 12 rings (SSSR count). The Bertz CT molecular complexity index is 2470. The number of esters is 2. The largest absolute Gasteiger partial charge is 0.504 e. The fourth-order valence-corrected chi connectivity index (χ4v) is 13.5. The Morgan fingerprint density at radius 3 is 2.68 bits per heavy atom. The van der Waals surface area contributed by atoms with Crippen molar-refractivity contribution in [2.45, 2.75) is 86.8 Å². The van der Waals surface area contributed by atoms with Crippen molar-refractivity contribution in [1.82, 2.24) is 20.1 Å². The summed E-state index contributed by atoms with van der Waals surface area (Å²) >= 11 is 1.53. The minimum atomic E-state index is -1.39. The highest BCUT2D eigenvalue weighted by Gasteiger charge is 2.72. The molecule has 9 heterocycles. The van der Waals surface area contributed by atoms with Gasteiger partial charge in [-0.3, -0.25) is 19.9 Å². The topological polar surface area (TPSA) is 181 Å². The molecule has 15 heteroatoms. The maximum atomic E-state index is 15.1. The number of hydrogen-bond acceptors (Lipinski definition) is 14. The number of phenols is 1. The molecular formula is C42H45N5O9S. The number of rotatable bonds is 3. The normalized spacial score (nSPS) is 33.2. The molecule has 6 N–H and O–H groups in total. The van der Waals surface area contributed by atoms with Crippen LogP contribution in [0.25, 0.3) is 10.9 Å². The summed E-state index contributed by atoms with van der Waals surface area (Å²) in [5, 5.41) is 29.5. The van der Waals surface area contributed by atoms with Crippen LogP contribution in [0.1, 0.15) is 82.2 Å². The standard InChI is InChI=1S/C42H45N5O9S/c1-18-10-24-27(32(49)33(18)52-5)30-31-37-29-28(36-35(54-17-55-36)19(2)34(29)56-20(3)48)26(47(31)41(51)14-40(24,4)46(30)15-41)13-53-39(50)42(16-57-37)38-23(11-21(12-43)45-42)22-8-6-7-9-25(22)44-38/h6-10,21,26,30-31,37,44-45,49,51H,11-17,43H2,1-5H3/t21-,26+,30+,31-,37-,40-,41?,42-/m1/s1. The van der Waals surface area contributed by atoms with Crippen LogP contribution in [0.4, 0.5) is 0 Å². The van der Waals surface area contributed by atoms with E-state index in [9.17, 15) is 15.0 Å². The summed E-state index contributed by atoms with van der Waals surface area (Å²) in [6, 6.07) is 8.14. The number of piperazine rings is 1. The van der Waals surface area contributed by atoms with Crippen molar-refractivity contribution in [2.24, 2.45) is 5.73 Å². The molecule has 3 fully saturated rings. The van der Waals surface area contributed by atoms with Crippen LogP contribution < -0.4 is 30.0 Å². The molecule has 8 aliphatic heterocycles. The molecule has 0 aliphatic carbocycles. The minimum Gasteiger partial charge on any atom is -0.504 e. The molecule has 4 aromatic rings. The first-order valence-electron chi connectivity index (χ1n) is 19.5. The van der Waals surface area contributed by atoms with Gasteiger partial charge in [-0.2, -0.15) is 0 Å². The van der Waals surface area contributed by atoms with E-state index in [1.807, 2.05) is 32.0 Å². The lowest BCUT2D eigenvalue weighted by atomic mass is 9.75. The van der Waals surface area contributed by atoms with Crippen molar-refractivity contribution in [3.63, 3.8) is 0 Å². The van der Waals surface area contributed by atoms with Crippen LogP contribution in [0.3, 0.4) is 0 Å². The predicted octanol–water partition coefficient (Wildman–Crippen LogP) is 3.96. The van der Waals surface area contributed by atoms with E-state index in [4.69, 9.17) is 29.4 Å². The Kier molecular flexibility index (Phi) is 7.37. The number of methoxy groups -OCH3 is 1. The molecule has 8 aliphatic rings. The predicted molar refractivity (Wildman–Crippen MR) is 209 cm³/mol. The number of thioether (sulfide) groups is 1. The van der Waals surface area contributed by atoms with Crippen LogP contribution in [-0.2, 0) is 31.8 Å². The van der Waals surface area contributed by atoms with Crippen LogP contribution in [-0.4, -0.2) is 94.1 Å². The van der Waals surface area contributed by atoms with Crippen LogP contribution in [0.2, 0.25) is 0 Å². The van der Waals surface area contributed by atoms with Crippen LogP contribution in [0.15, 0.2) is 30.3 Å². The number of aromatic hydroxyl groups is 1. The molecule has 0 saturated carbocycles. The van der Waals surface area contributed by atoms with Gasteiger partial charge in [0.25, 0.3) is 0 Å². The highest BCUT2D eigenvalue weighted by molar-refractivity contribution is 7.99. The molecule has 8 atom stereocenters. The smallest absolute Gasteiger partial charge is 0.333 e. The molecule has 3 saturated heterocycles. The molecule has 0 amide bonds. The Balaban J connectivity index is 1.19. The Morgan fingerprint density at radius 1 is 1.12 bits per heavy atom. The molecule has 1 unspecified atom stereocenters. The molecule has 1 aromatic heterocycles. The lowest BCUT2D eigenvalue weighted by Crippen LogP contribution is -2.68. The van der Waals surface area contributed by atoms with Crippen LogP contribution in [0, 0.1) is 13.8 Å². The number of ether oxygens (including phenoxy) is 5. The molecular weight excluding hydrogens is 751 g/mol. The second kappa shape index (κ2) is 11.8. The van der Waals surface area contributed by atoms with E-state index >= 15 is 4.79 Å². The summed E-state index contributed by atoms with van der Waals surface area (Å²) < 4.78 is 30.9. The number of hydrogen-bond donors (Lipinski definition) is 5. The molecule has 0 radical (unpaired) electrons. The van der Waals surface area contributed by atoms with Gasteiger partial charge in [-0.05, 0) is 56.0 Å². The molecule has 14 nitrogen and oxygen atoms in total. The third-order valence-electron chi connectivity index (χ3n) is 13.9. The number of para-hydroxylation sites is 1.